The summed E-state index contributed by atoms with van der Waals surface area (Å²) in [5, 5.41) is 0. The van der Waals surface area contributed by atoms with E-state index in [0.717, 1.165) is 29.9 Å². The van der Waals surface area contributed by atoms with Gasteiger partial charge in [-0.25, -0.2) is 0 Å². The van der Waals surface area contributed by atoms with E-state index in [4.69, 9.17) is 15.2 Å². The first-order valence-corrected chi connectivity index (χ1v) is 6.07. The average Bonchev–Trinajstić information content (AvgIpc) is 3.06. The molecular formula is C14H21NO2. The normalized spacial score (nSPS) is 17.1. The Hall–Kier alpha value is -1.22. The molecule has 1 aromatic carbocycles. The van der Waals surface area contributed by atoms with Crippen LogP contribution >= 0.6 is 0 Å². The van der Waals surface area contributed by atoms with Gasteiger partial charge >= 0.3 is 0 Å². The van der Waals surface area contributed by atoms with Gasteiger partial charge in [0.1, 0.15) is 11.5 Å². The number of nitrogens with two attached hydrogens (primary N) is 1. The van der Waals surface area contributed by atoms with Crippen LogP contribution in [0.5, 0.6) is 11.5 Å². The zero-order valence-electron chi connectivity index (χ0n) is 11.0. The van der Waals surface area contributed by atoms with E-state index in [1.165, 1.54) is 5.56 Å². The van der Waals surface area contributed by atoms with Crippen molar-refractivity contribution < 1.29 is 9.47 Å². The van der Waals surface area contributed by atoms with Gasteiger partial charge in [-0.2, -0.15) is 0 Å². The van der Waals surface area contributed by atoms with E-state index >= 15 is 0 Å². The number of hydrogen-bond acceptors (Lipinski definition) is 3. The molecule has 0 radical (unpaired) electrons. The lowest BCUT2D eigenvalue weighted by Crippen LogP contribution is -2.20. The Morgan fingerprint density at radius 1 is 1.12 bits per heavy atom. The summed E-state index contributed by atoms with van der Waals surface area (Å²) in [7, 11) is 3.37. The van der Waals surface area contributed by atoms with E-state index in [-0.39, 0.29) is 5.54 Å². The van der Waals surface area contributed by atoms with Crippen molar-refractivity contribution in [2.75, 3.05) is 14.2 Å². The van der Waals surface area contributed by atoms with Gasteiger partial charge in [0, 0.05) is 17.2 Å². The molecule has 94 valence electrons. The number of benzene rings is 1. The van der Waals surface area contributed by atoms with Crippen LogP contribution in [0.4, 0.5) is 0 Å². The maximum Gasteiger partial charge on any atom is 0.127 e. The fraction of sp³-hybridized carbons (Fsp3) is 0.571. The third-order valence-corrected chi connectivity index (χ3v) is 3.50. The van der Waals surface area contributed by atoms with E-state index in [0.29, 0.717) is 5.92 Å². The Balaban J connectivity index is 2.54. The molecule has 0 atom stereocenters. The SMILES string of the molecule is COc1cc(OC)c(C2(N)CC2)cc1C(C)C. The number of methoxy groups -OCH3 is 2. The highest BCUT2D eigenvalue weighted by Gasteiger charge is 2.42. The van der Waals surface area contributed by atoms with Gasteiger partial charge < -0.3 is 15.2 Å². The molecule has 0 unspecified atom stereocenters. The van der Waals surface area contributed by atoms with Crippen LogP contribution < -0.4 is 15.2 Å². The zero-order valence-corrected chi connectivity index (χ0v) is 11.0. The lowest BCUT2D eigenvalue weighted by atomic mass is 9.95. The van der Waals surface area contributed by atoms with E-state index in [9.17, 15) is 0 Å². The number of rotatable bonds is 4. The Kier molecular flexibility index (Phi) is 3.04. The number of hydrogen-bond donors (Lipinski definition) is 1. The van der Waals surface area contributed by atoms with Crippen molar-refractivity contribution in [3.63, 3.8) is 0 Å². The first kappa shape index (κ1) is 12.2. The molecule has 3 nitrogen and oxygen atoms in total. The molecule has 0 aliphatic heterocycles. The zero-order chi connectivity index (χ0) is 12.6. The third-order valence-electron chi connectivity index (χ3n) is 3.50. The van der Waals surface area contributed by atoms with Crippen molar-refractivity contribution in [1.82, 2.24) is 0 Å². The molecule has 2 N–H and O–H groups in total. The van der Waals surface area contributed by atoms with Crippen molar-refractivity contribution in [3.8, 4) is 11.5 Å². The van der Waals surface area contributed by atoms with Crippen LogP contribution in [0.3, 0.4) is 0 Å². The Bertz CT molecular complexity index is 422. The maximum atomic E-state index is 6.28. The van der Waals surface area contributed by atoms with Crippen molar-refractivity contribution in [2.24, 2.45) is 5.73 Å². The molecule has 0 saturated heterocycles. The summed E-state index contributed by atoms with van der Waals surface area (Å²) in [5.41, 5.74) is 8.41. The summed E-state index contributed by atoms with van der Waals surface area (Å²) in [6, 6.07) is 4.10. The largest absolute Gasteiger partial charge is 0.496 e. The number of ether oxygens (including phenoxy) is 2. The molecule has 0 aromatic heterocycles. The standard InChI is InChI=1S/C14H21NO2/c1-9(2)10-7-11(14(15)5-6-14)13(17-4)8-12(10)16-3/h7-9H,5-6,15H2,1-4H3. The second-order valence-corrected chi connectivity index (χ2v) is 5.11. The molecule has 1 aliphatic rings. The summed E-state index contributed by atoms with van der Waals surface area (Å²) >= 11 is 0. The second-order valence-electron chi connectivity index (χ2n) is 5.11. The maximum absolute atomic E-state index is 6.28. The Morgan fingerprint density at radius 3 is 2.12 bits per heavy atom. The molecule has 3 heteroatoms. The molecule has 1 fully saturated rings. The monoisotopic (exact) mass is 235 g/mol. The van der Waals surface area contributed by atoms with E-state index in [1.54, 1.807) is 14.2 Å². The van der Waals surface area contributed by atoms with Crippen LogP contribution in [-0.2, 0) is 5.54 Å². The van der Waals surface area contributed by atoms with Crippen molar-refractivity contribution in [2.45, 2.75) is 38.1 Å². The van der Waals surface area contributed by atoms with Gasteiger partial charge in [0.05, 0.1) is 14.2 Å². The molecule has 0 heterocycles. The highest BCUT2D eigenvalue weighted by molar-refractivity contribution is 5.52. The average molecular weight is 235 g/mol. The second kappa shape index (κ2) is 4.22. The summed E-state index contributed by atoms with van der Waals surface area (Å²) in [5.74, 6) is 2.13. The van der Waals surface area contributed by atoms with E-state index < -0.39 is 0 Å². The summed E-state index contributed by atoms with van der Waals surface area (Å²) in [6.45, 7) is 4.31. The van der Waals surface area contributed by atoms with Crippen LogP contribution in [0.25, 0.3) is 0 Å². The highest BCUT2D eigenvalue weighted by atomic mass is 16.5. The van der Waals surface area contributed by atoms with Crippen LogP contribution in [0.15, 0.2) is 12.1 Å². The summed E-state index contributed by atoms with van der Waals surface area (Å²) in [4.78, 5) is 0. The Morgan fingerprint density at radius 2 is 1.71 bits per heavy atom. The molecule has 2 rings (SSSR count). The van der Waals surface area contributed by atoms with Crippen molar-refractivity contribution >= 4 is 0 Å². The van der Waals surface area contributed by atoms with Crippen LogP contribution in [0, 0.1) is 0 Å². The van der Waals surface area contributed by atoms with Gasteiger partial charge in [-0.05, 0) is 30.4 Å². The minimum atomic E-state index is -0.179. The first-order valence-electron chi connectivity index (χ1n) is 6.07. The quantitative estimate of drug-likeness (QED) is 0.872. The molecule has 1 saturated carbocycles. The van der Waals surface area contributed by atoms with Crippen molar-refractivity contribution in [1.29, 1.82) is 0 Å². The highest BCUT2D eigenvalue weighted by Crippen LogP contribution is 2.48. The fourth-order valence-electron chi connectivity index (χ4n) is 2.17. The first-order chi connectivity index (χ1) is 8.01. The van der Waals surface area contributed by atoms with Crippen LogP contribution in [-0.4, -0.2) is 14.2 Å². The molecule has 1 aliphatic carbocycles. The predicted molar refractivity (Wildman–Crippen MR) is 68.7 cm³/mol. The molecule has 0 bridgehead atoms. The van der Waals surface area contributed by atoms with Crippen LogP contribution in [0.2, 0.25) is 0 Å². The summed E-state index contributed by atoms with van der Waals surface area (Å²) in [6.07, 6.45) is 2.07. The lowest BCUT2D eigenvalue weighted by Gasteiger charge is -2.20. The molecule has 17 heavy (non-hydrogen) atoms. The molecule has 0 amide bonds. The lowest BCUT2D eigenvalue weighted by molar-refractivity contribution is 0.383. The van der Waals surface area contributed by atoms with Crippen molar-refractivity contribution in [3.05, 3.63) is 23.3 Å². The van der Waals surface area contributed by atoms with Gasteiger partial charge in [0.15, 0.2) is 0 Å². The predicted octanol–water partition coefficient (Wildman–Crippen LogP) is 2.78. The minimum Gasteiger partial charge on any atom is -0.496 e. The van der Waals surface area contributed by atoms with Gasteiger partial charge in [-0.3, -0.25) is 0 Å². The third kappa shape index (κ3) is 2.12. The fourth-order valence-corrected chi connectivity index (χ4v) is 2.17. The van der Waals surface area contributed by atoms with Gasteiger partial charge in [-0.1, -0.05) is 13.8 Å². The van der Waals surface area contributed by atoms with Gasteiger partial charge in [-0.15, -0.1) is 0 Å². The Labute approximate surface area is 103 Å². The molecule has 1 aromatic rings. The topological polar surface area (TPSA) is 44.5 Å². The van der Waals surface area contributed by atoms with Crippen LogP contribution in [0.1, 0.15) is 43.7 Å². The van der Waals surface area contributed by atoms with E-state index in [2.05, 4.69) is 19.9 Å². The van der Waals surface area contributed by atoms with E-state index in [1.807, 2.05) is 6.07 Å². The van der Waals surface area contributed by atoms with Gasteiger partial charge in [0.2, 0.25) is 0 Å². The van der Waals surface area contributed by atoms with Gasteiger partial charge in [0.25, 0.3) is 0 Å². The molecule has 0 spiro atoms. The minimum absolute atomic E-state index is 0.179. The smallest absolute Gasteiger partial charge is 0.127 e. The molecular weight excluding hydrogens is 214 g/mol. The summed E-state index contributed by atoms with van der Waals surface area (Å²) < 4.78 is 10.8.